The third kappa shape index (κ3) is 4.88. The number of ether oxygens (including phenoxy) is 1. The van der Waals surface area contributed by atoms with Gasteiger partial charge >= 0.3 is 0 Å². The Morgan fingerprint density at radius 1 is 1.47 bits per heavy atom. The standard InChI is InChI=1S/C13H17N5O/c1-13(10-14,16-7-8-17-18-15)9-11-3-5-12(19-2)6-4-11/h3-6,16H,7-9H2,1-2H3. The van der Waals surface area contributed by atoms with Gasteiger partial charge in [-0.05, 0) is 30.2 Å². The summed E-state index contributed by atoms with van der Waals surface area (Å²) in [6.45, 7) is 2.63. The van der Waals surface area contributed by atoms with Crippen molar-refractivity contribution in [1.29, 1.82) is 5.26 Å². The van der Waals surface area contributed by atoms with Crippen LogP contribution in [0.15, 0.2) is 29.4 Å². The number of hydrogen-bond donors (Lipinski definition) is 1. The molecule has 0 radical (unpaired) electrons. The van der Waals surface area contributed by atoms with Crippen LogP contribution in [0.5, 0.6) is 5.75 Å². The monoisotopic (exact) mass is 259 g/mol. The fourth-order valence-corrected chi connectivity index (χ4v) is 1.72. The van der Waals surface area contributed by atoms with Gasteiger partial charge in [0, 0.05) is 24.4 Å². The lowest BCUT2D eigenvalue weighted by Gasteiger charge is -2.23. The van der Waals surface area contributed by atoms with Crippen LogP contribution < -0.4 is 10.1 Å². The summed E-state index contributed by atoms with van der Waals surface area (Å²) in [4.78, 5) is 2.67. The molecule has 0 aliphatic carbocycles. The highest BCUT2D eigenvalue weighted by Crippen LogP contribution is 2.16. The van der Waals surface area contributed by atoms with Crippen molar-refractivity contribution in [3.63, 3.8) is 0 Å². The van der Waals surface area contributed by atoms with Crippen molar-refractivity contribution in [2.45, 2.75) is 18.9 Å². The molecule has 0 amide bonds. The smallest absolute Gasteiger partial charge is 0.118 e. The summed E-state index contributed by atoms with van der Waals surface area (Å²) >= 11 is 0. The van der Waals surface area contributed by atoms with E-state index >= 15 is 0 Å². The van der Waals surface area contributed by atoms with Crippen LogP contribution in [0.4, 0.5) is 0 Å². The SMILES string of the molecule is COc1ccc(CC(C)(C#N)NCCN=[N+]=[N-])cc1. The van der Waals surface area contributed by atoms with Crippen molar-refractivity contribution in [1.82, 2.24) is 5.32 Å². The van der Waals surface area contributed by atoms with E-state index in [4.69, 9.17) is 10.3 Å². The van der Waals surface area contributed by atoms with Gasteiger partial charge in [-0.1, -0.05) is 17.2 Å². The Morgan fingerprint density at radius 3 is 2.68 bits per heavy atom. The minimum absolute atomic E-state index is 0.330. The van der Waals surface area contributed by atoms with Crippen molar-refractivity contribution in [3.8, 4) is 11.8 Å². The molecule has 1 N–H and O–H groups in total. The Labute approximate surface area is 112 Å². The normalized spacial score (nSPS) is 12.9. The molecule has 0 spiro atoms. The number of nitrogens with one attached hydrogen (secondary N) is 1. The molecule has 6 nitrogen and oxygen atoms in total. The van der Waals surface area contributed by atoms with E-state index in [0.717, 1.165) is 11.3 Å². The largest absolute Gasteiger partial charge is 0.497 e. The lowest BCUT2D eigenvalue weighted by Crippen LogP contribution is -2.44. The maximum atomic E-state index is 9.26. The van der Waals surface area contributed by atoms with E-state index in [1.165, 1.54) is 0 Å². The summed E-state index contributed by atoms with van der Waals surface area (Å²) in [6.07, 6.45) is 0.573. The fourth-order valence-electron chi connectivity index (χ4n) is 1.72. The molecule has 100 valence electrons. The number of methoxy groups -OCH3 is 1. The molecule has 1 aromatic rings. The third-order valence-electron chi connectivity index (χ3n) is 2.75. The second-order valence-corrected chi connectivity index (χ2v) is 4.35. The highest BCUT2D eigenvalue weighted by molar-refractivity contribution is 5.29. The Hall–Kier alpha value is -2.22. The average molecular weight is 259 g/mol. The van der Waals surface area contributed by atoms with Crippen LogP contribution >= 0.6 is 0 Å². The number of nitriles is 1. The van der Waals surface area contributed by atoms with Crippen LogP contribution in [-0.2, 0) is 6.42 Å². The van der Waals surface area contributed by atoms with Crippen molar-refractivity contribution < 1.29 is 4.74 Å². The third-order valence-corrected chi connectivity index (χ3v) is 2.75. The van der Waals surface area contributed by atoms with Gasteiger partial charge in [0.25, 0.3) is 0 Å². The zero-order valence-electron chi connectivity index (χ0n) is 11.1. The molecule has 1 unspecified atom stereocenters. The number of nitrogens with zero attached hydrogens (tertiary/aromatic N) is 4. The lowest BCUT2D eigenvalue weighted by molar-refractivity contribution is 0.414. The van der Waals surface area contributed by atoms with Gasteiger partial charge in [-0.15, -0.1) is 0 Å². The van der Waals surface area contributed by atoms with Crippen molar-refractivity contribution in [2.75, 3.05) is 20.2 Å². The molecule has 0 aliphatic heterocycles. The Morgan fingerprint density at radius 2 is 2.16 bits per heavy atom. The second-order valence-electron chi connectivity index (χ2n) is 4.35. The van der Waals surface area contributed by atoms with E-state index in [2.05, 4.69) is 21.4 Å². The van der Waals surface area contributed by atoms with Gasteiger partial charge in [0.05, 0.1) is 13.2 Å². The zero-order chi connectivity index (χ0) is 14.1. The van der Waals surface area contributed by atoms with Crippen LogP contribution in [0, 0.1) is 11.3 Å². The summed E-state index contributed by atoms with van der Waals surface area (Å²) in [7, 11) is 1.62. The Balaban J connectivity index is 2.63. The molecule has 0 heterocycles. The molecular formula is C13H17N5O. The highest BCUT2D eigenvalue weighted by Gasteiger charge is 2.23. The summed E-state index contributed by atoms with van der Waals surface area (Å²) in [5, 5.41) is 15.8. The van der Waals surface area contributed by atoms with Crippen LogP contribution in [0.25, 0.3) is 10.4 Å². The second kappa shape index (κ2) is 7.27. The molecule has 6 heteroatoms. The highest BCUT2D eigenvalue weighted by atomic mass is 16.5. The lowest BCUT2D eigenvalue weighted by atomic mass is 9.94. The molecule has 0 fully saturated rings. The van der Waals surface area contributed by atoms with Crippen LogP contribution in [0.3, 0.4) is 0 Å². The number of hydrogen-bond acceptors (Lipinski definition) is 4. The minimum Gasteiger partial charge on any atom is -0.497 e. The summed E-state index contributed by atoms with van der Waals surface area (Å²) < 4.78 is 5.09. The molecule has 0 saturated heterocycles. The van der Waals surface area contributed by atoms with Crippen molar-refractivity contribution in [2.24, 2.45) is 5.11 Å². The molecule has 0 saturated carbocycles. The van der Waals surface area contributed by atoms with Crippen LogP contribution in [0.2, 0.25) is 0 Å². The Bertz CT molecular complexity index is 487. The topological polar surface area (TPSA) is 93.8 Å². The van der Waals surface area contributed by atoms with Crippen molar-refractivity contribution in [3.05, 3.63) is 40.3 Å². The van der Waals surface area contributed by atoms with Gasteiger partial charge in [-0.3, -0.25) is 5.32 Å². The summed E-state index contributed by atoms with van der Waals surface area (Å²) in [5.74, 6) is 0.790. The predicted molar refractivity (Wildman–Crippen MR) is 72.7 cm³/mol. The number of rotatable bonds is 7. The first kappa shape index (κ1) is 14.8. The van der Waals surface area contributed by atoms with Gasteiger partial charge in [0.2, 0.25) is 0 Å². The van der Waals surface area contributed by atoms with Gasteiger partial charge in [0.1, 0.15) is 11.3 Å². The minimum atomic E-state index is -0.681. The summed E-state index contributed by atoms with van der Waals surface area (Å²) in [6, 6.07) is 9.86. The molecular weight excluding hydrogens is 242 g/mol. The molecule has 1 atom stereocenters. The van der Waals surface area contributed by atoms with Gasteiger partial charge in [0.15, 0.2) is 0 Å². The molecule has 0 aromatic heterocycles. The Kier molecular flexibility index (Phi) is 5.68. The van der Waals surface area contributed by atoms with E-state index in [-0.39, 0.29) is 0 Å². The van der Waals surface area contributed by atoms with E-state index in [1.54, 1.807) is 7.11 Å². The fraction of sp³-hybridized carbons (Fsp3) is 0.462. The molecule has 19 heavy (non-hydrogen) atoms. The molecule has 0 aliphatic rings. The van der Waals surface area contributed by atoms with Gasteiger partial charge in [-0.25, -0.2) is 0 Å². The maximum absolute atomic E-state index is 9.26. The molecule has 0 bridgehead atoms. The van der Waals surface area contributed by atoms with Gasteiger partial charge < -0.3 is 4.74 Å². The molecule has 1 rings (SSSR count). The van der Waals surface area contributed by atoms with E-state index in [9.17, 15) is 5.26 Å². The maximum Gasteiger partial charge on any atom is 0.118 e. The number of benzene rings is 1. The first-order chi connectivity index (χ1) is 9.13. The summed E-state index contributed by atoms with van der Waals surface area (Å²) in [5.41, 5.74) is 8.55. The number of azide groups is 1. The predicted octanol–water partition coefficient (Wildman–Crippen LogP) is 2.42. The first-order valence-electron chi connectivity index (χ1n) is 5.93. The zero-order valence-corrected chi connectivity index (χ0v) is 11.1. The average Bonchev–Trinajstić information content (AvgIpc) is 2.44. The first-order valence-corrected chi connectivity index (χ1v) is 5.93. The van der Waals surface area contributed by atoms with E-state index < -0.39 is 5.54 Å². The van der Waals surface area contributed by atoms with E-state index in [0.29, 0.717) is 19.5 Å². The van der Waals surface area contributed by atoms with Crippen LogP contribution in [0.1, 0.15) is 12.5 Å². The molecule has 1 aromatic carbocycles. The van der Waals surface area contributed by atoms with Crippen molar-refractivity contribution >= 4 is 0 Å². The van der Waals surface area contributed by atoms with Crippen LogP contribution in [-0.4, -0.2) is 25.7 Å². The van der Waals surface area contributed by atoms with Gasteiger partial charge in [-0.2, -0.15) is 5.26 Å². The van der Waals surface area contributed by atoms with E-state index in [1.807, 2.05) is 31.2 Å². The quantitative estimate of drug-likeness (QED) is 0.352.